The normalized spacial score (nSPS) is 15.3. The van der Waals surface area contributed by atoms with E-state index in [1.807, 2.05) is 41.7 Å². The summed E-state index contributed by atoms with van der Waals surface area (Å²) in [6, 6.07) is 9.69. The number of anilines is 1. The summed E-state index contributed by atoms with van der Waals surface area (Å²) in [5.41, 5.74) is 8.02. The number of benzene rings is 1. The lowest BCUT2D eigenvalue weighted by atomic mass is 10.2. The van der Waals surface area contributed by atoms with Crippen LogP contribution < -0.4 is 11.1 Å². The number of thioether (sulfide) groups is 2. The van der Waals surface area contributed by atoms with Crippen LogP contribution >= 0.6 is 23.5 Å². The van der Waals surface area contributed by atoms with Gasteiger partial charge >= 0.3 is 0 Å². The highest BCUT2D eigenvalue weighted by Crippen LogP contribution is 2.45. The average Bonchev–Trinajstić information content (AvgIpc) is 3.19. The van der Waals surface area contributed by atoms with Crippen LogP contribution in [-0.4, -0.2) is 17.4 Å². The average molecular weight is 320 g/mol. The highest BCUT2D eigenvalue weighted by Gasteiger charge is 2.18. The Kier molecular flexibility index (Phi) is 4.57. The molecule has 2 aromatic rings. The summed E-state index contributed by atoms with van der Waals surface area (Å²) in [5, 5.41) is 2.90. The van der Waals surface area contributed by atoms with Crippen molar-refractivity contribution in [3.8, 4) is 0 Å². The smallest absolute Gasteiger partial charge is 0.258 e. The van der Waals surface area contributed by atoms with Crippen molar-refractivity contribution in [2.45, 2.75) is 11.1 Å². The fourth-order valence-electron chi connectivity index (χ4n) is 2.12. The minimum absolute atomic E-state index is 0.178. The van der Waals surface area contributed by atoms with Crippen molar-refractivity contribution in [1.29, 1.82) is 0 Å². The maximum atomic E-state index is 12.2. The second kappa shape index (κ2) is 6.60. The summed E-state index contributed by atoms with van der Waals surface area (Å²) in [4.78, 5) is 12.2. The van der Waals surface area contributed by atoms with Crippen LogP contribution in [-0.2, 0) is 6.54 Å². The highest BCUT2D eigenvalue weighted by molar-refractivity contribution is 8.19. The van der Waals surface area contributed by atoms with Gasteiger partial charge in [0.05, 0.1) is 16.7 Å². The van der Waals surface area contributed by atoms with E-state index in [4.69, 9.17) is 10.2 Å². The predicted octanol–water partition coefficient (Wildman–Crippen LogP) is 3.47. The Morgan fingerprint density at radius 3 is 2.86 bits per heavy atom. The number of hydrogen-bond donors (Lipinski definition) is 2. The Morgan fingerprint density at radius 1 is 1.33 bits per heavy atom. The molecule has 0 bridgehead atoms. The molecule has 0 saturated carbocycles. The van der Waals surface area contributed by atoms with Crippen LogP contribution in [0.25, 0.3) is 0 Å². The maximum absolute atomic E-state index is 12.2. The number of furan rings is 1. The third kappa shape index (κ3) is 3.45. The first-order valence-electron chi connectivity index (χ1n) is 6.68. The quantitative estimate of drug-likeness (QED) is 0.903. The van der Waals surface area contributed by atoms with E-state index in [0.717, 1.165) is 5.69 Å². The Balaban J connectivity index is 1.72. The Morgan fingerprint density at radius 2 is 2.14 bits per heavy atom. The molecule has 1 fully saturated rings. The second-order valence-electron chi connectivity index (χ2n) is 4.66. The van der Waals surface area contributed by atoms with Gasteiger partial charge in [-0.2, -0.15) is 0 Å². The third-order valence-corrected chi connectivity index (χ3v) is 6.26. The van der Waals surface area contributed by atoms with Crippen LogP contribution in [0.4, 0.5) is 5.69 Å². The summed E-state index contributed by atoms with van der Waals surface area (Å²) >= 11 is 3.89. The first kappa shape index (κ1) is 14.6. The molecule has 0 radical (unpaired) electrons. The Bertz CT molecular complexity index is 636. The fourth-order valence-corrected chi connectivity index (χ4v) is 4.96. The number of nitrogens with two attached hydrogens (primary N) is 1. The molecule has 3 rings (SSSR count). The minimum Gasteiger partial charge on any atom is -0.467 e. The lowest BCUT2D eigenvalue weighted by Crippen LogP contribution is -2.11. The van der Waals surface area contributed by atoms with Gasteiger partial charge in [-0.3, -0.25) is 4.79 Å². The van der Waals surface area contributed by atoms with E-state index < -0.39 is 0 Å². The van der Waals surface area contributed by atoms with Crippen molar-refractivity contribution >= 4 is 35.1 Å². The van der Waals surface area contributed by atoms with E-state index in [1.54, 1.807) is 6.07 Å². The largest absolute Gasteiger partial charge is 0.467 e. The molecule has 21 heavy (non-hydrogen) atoms. The van der Waals surface area contributed by atoms with E-state index in [1.165, 1.54) is 23.3 Å². The lowest BCUT2D eigenvalue weighted by Gasteiger charge is -2.10. The van der Waals surface area contributed by atoms with Gasteiger partial charge in [-0.15, -0.1) is 23.5 Å². The molecule has 0 atom stereocenters. The molecule has 1 aliphatic heterocycles. The van der Waals surface area contributed by atoms with Gasteiger partial charge in [-0.25, -0.2) is 0 Å². The van der Waals surface area contributed by atoms with Crippen molar-refractivity contribution in [1.82, 2.24) is 0 Å². The molecular weight excluding hydrogens is 304 g/mol. The van der Waals surface area contributed by atoms with Crippen LogP contribution in [0.3, 0.4) is 0 Å². The van der Waals surface area contributed by atoms with E-state index >= 15 is 0 Å². The molecule has 0 aliphatic carbocycles. The van der Waals surface area contributed by atoms with Gasteiger partial charge in [-0.05, 0) is 23.8 Å². The molecule has 110 valence electrons. The summed E-state index contributed by atoms with van der Waals surface area (Å²) in [6.45, 7) is 0.291. The van der Waals surface area contributed by atoms with Crippen molar-refractivity contribution < 1.29 is 9.21 Å². The van der Waals surface area contributed by atoms with Crippen molar-refractivity contribution in [2.75, 3.05) is 16.8 Å². The zero-order chi connectivity index (χ0) is 14.7. The molecule has 1 saturated heterocycles. The number of carbonyl (C=O) groups is 1. The van der Waals surface area contributed by atoms with Crippen LogP contribution in [0.15, 0.2) is 41.0 Å². The van der Waals surface area contributed by atoms with E-state index in [0.29, 0.717) is 22.5 Å². The van der Waals surface area contributed by atoms with E-state index in [9.17, 15) is 4.79 Å². The first-order chi connectivity index (χ1) is 10.3. The third-order valence-electron chi connectivity index (χ3n) is 3.16. The number of hydrogen-bond acceptors (Lipinski definition) is 5. The number of amides is 1. The number of carbonyl (C=O) groups excluding carboxylic acids is 1. The summed E-state index contributed by atoms with van der Waals surface area (Å²) in [7, 11) is 0. The fraction of sp³-hybridized carbons (Fsp3) is 0.267. The van der Waals surface area contributed by atoms with Gasteiger partial charge in [0.1, 0.15) is 12.0 Å². The zero-order valence-corrected chi connectivity index (χ0v) is 13.0. The SMILES string of the molecule is NCc1cc(C(=O)Nc2cccc(C3SCCS3)c2)co1. The lowest BCUT2D eigenvalue weighted by molar-refractivity contribution is 0.102. The van der Waals surface area contributed by atoms with E-state index in [2.05, 4.69) is 11.4 Å². The molecule has 6 heteroatoms. The first-order valence-corrected chi connectivity index (χ1v) is 8.78. The zero-order valence-electron chi connectivity index (χ0n) is 11.4. The van der Waals surface area contributed by atoms with Gasteiger partial charge in [0, 0.05) is 17.2 Å². The molecule has 2 heterocycles. The molecule has 1 amide bonds. The highest BCUT2D eigenvalue weighted by atomic mass is 32.2. The molecule has 1 aliphatic rings. The molecule has 1 aromatic carbocycles. The van der Waals surface area contributed by atoms with E-state index in [-0.39, 0.29) is 5.91 Å². The van der Waals surface area contributed by atoms with Gasteiger partial charge < -0.3 is 15.5 Å². The molecule has 4 nitrogen and oxygen atoms in total. The topological polar surface area (TPSA) is 68.3 Å². The molecular formula is C15H16N2O2S2. The van der Waals surface area contributed by atoms with Crippen molar-refractivity contribution in [3.63, 3.8) is 0 Å². The van der Waals surface area contributed by atoms with Crippen LogP contribution in [0.1, 0.15) is 26.3 Å². The minimum atomic E-state index is -0.178. The van der Waals surface area contributed by atoms with Gasteiger partial charge in [-0.1, -0.05) is 12.1 Å². The van der Waals surface area contributed by atoms with Crippen molar-refractivity contribution in [3.05, 3.63) is 53.5 Å². The van der Waals surface area contributed by atoms with Crippen LogP contribution in [0, 0.1) is 0 Å². The molecule has 1 aromatic heterocycles. The predicted molar refractivity (Wildman–Crippen MR) is 88.7 cm³/mol. The summed E-state index contributed by atoms with van der Waals surface area (Å²) in [6.07, 6.45) is 1.43. The van der Waals surface area contributed by atoms with Gasteiger partial charge in [0.15, 0.2) is 0 Å². The number of nitrogens with one attached hydrogen (secondary N) is 1. The molecule has 0 spiro atoms. The summed E-state index contributed by atoms with van der Waals surface area (Å²) < 4.78 is 5.66. The van der Waals surface area contributed by atoms with Crippen LogP contribution in [0.5, 0.6) is 0 Å². The summed E-state index contributed by atoms with van der Waals surface area (Å²) in [5.74, 6) is 2.79. The number of rotatable bonds is 4. The van der Waals surface area contributed by atoms with Crippen molar-refractivity contribution in [2.24, 2.45) is 5.73 Å². The van der Waals surface area contributed by atoms with Gasteiger partial charge in [0.25, 0.3) is 5.91 Å². The Labute approximate surface area is 131 Å². The standard InChI is InChI=1S/C15H16N2O2S2/c16-8-13-7-11(9-19-13)14(18)17-12-3-1-2-10(6-12)15-20-4-5-21-15/h1-3,6-7,9,15H,4-5,8,16H2,(H,17,18). The second-order valence-corrected chi connectivity index (χ2v) is 7.38. The Hall–Kier alpha value is -1.37. The maximum Gasteiger partial charge on any atom is 0.258 e. The monoisotopic (exact) mass is 320 g/mol. The van der Waals surface area contributed by atoms with Crippen LogP contribution in [0.2, 0.25) is 0 Å². The van der Waals surface area contributed by atoms with Gasteiger partial charge in [0.2, 0.25) is 0 Å². The molecule has 0 unspecified atom stereocenters. The molecule has 3 N–H and O–H groups in total.